The third-order valence-electron chi connectivity index (χ3n) is 1.51. The summed E-state index contributed by atoms with van der Waals surface area (Å²) in [4.78, 5) is 25.2. The molecule has 0 aliphatic heterocycles. The molecular formula is C8H9NO4S2. The van der Waals surface area contributed by atoms with Crippen LogP contribution in [0.1, 0.15) is 21.8 Å². The van der Waals surface area contributed by atoms with Gasteiger partial charge in [-0.3, -0.25) is 4.79 Å². The minimum absolute atomic E-state index is 0.0473. The van der Waals surface area contributed by atoms with Crippen molar-refractivity contribution in [2.75, 3.05) is 5.75 Å². The van der Waals surface area contributed by atoms with Crippen molar-refractivity contribution in [1.29, 1.82) is 0 Å². The molecule has 1 aromatic heterocycles. The predicted octanol–water partition coefficient (Wildman–Crippen LogP) is 1.72. The van der Waals surface area contributed by atoms with Gasteiger partial charge in [0.2, 0.25) is 0 Å². The zero-order chi connectivity index (χ0) is 11.4. The number of aliphatic carboxylic acids is 1. The summed E-state index contributed by atoms with van der Waals surface area (Å²) in [6.07, 6.45) is 0.0473. The fourth-order valence-corrected chi connectivity index (χ4v) is 2.88. The van der Waals surface area contributed by atoms with Crippen molar-refractivity contribution in [2.24, 2.45) is 0 Å². The number of aryl methyl sites for hydroxylation is 1. The maximum Gasteiger partial charge on any atom is 0.347 e. The molecule has 0 spiro atoms. The molecule has 82 valence electrons. The number of rotatable bonds is 5. The van der Waals surface area contributed by atoms with Gasteiger partial charge in [0, 0.05) is 5.75 Å². The van der Waals surface area contributed by atoms with E-state index in [-0.39, 0.29) is 11.3 Å². The minimum atomic E-state index is -0.991. The summed E-state index contributed by atoms with van der Waals surface area (Å²) in [6, 6.07) is 0. The van der Waals surface area contributed by atoms with Crippen LogP contribution in [0.3, 0.4) is 0 Å². The summed E-state index contributed by atoms with van der Waals surface area (Å²) in [5.74, 6) is -1.45. The third-order valence-corrected chi connectivity index (χ3v) is 3.80. The Bertz CT molecular complexity index is 388. The number of carboxylic acid groups (broad SMARTS) is 2. The number of carbonyl (C=O) groups is 2. The Morgan fingerprint density at radius 1 is 1.47 bits per heavy atom. The lowest BCUT2D eigenvalue weighted by molar-refractivity contribution is -0.136. The van der Waals surface area contributed by atoms with Gasteiger partial charge in [-0.2, -0.15) is 0 Å². The molecule has 0 aliphatic rings. The van der Waals surface area contributed by atoms with Gasteiger partial charge in [0.25, 0.3) is 0 Å². The van der Waals surface area contributed by atoms with Crippen LogP contribution in [0, 0.1) is 6.92 Å². The van der Waals surface area contributed by atoms with Crippen LogP contribution in [0.15, 0.2) is 4.34 Å². The first-order valence-corrected chi connectivity index (χ1v) is 5.86. The second-order valence-electron chi connectivity index (χ2n) is 2.69. The Hall–Kier alpha value is -1.08. The second-order valence-corrected chi connectivity index (χ2v) is 5.03. The van der Waals surface area contributed by atoms with E-state index in [2.05, 4.69) is 4.98 Å². The van der Waals surface area contributed by atoms with Gasteiger partial charge in [-0.15, -0.1) is 11.3 Å². The minimum Gasteiger partial charge on any atom is -0.481 e. The van der Waals surface area contributed by atoms with Crippen molar-refractivity contribution < 1.29 is 19.8 Å². The highest BCUT2D eigenvalue weighted by Crippen LogP contribution is 2.27. The normalized spacial score (nSPS) is 10.2. The molecule has 1 aromatic rings. The van der Waals surface area contributed by atoms with Gasteiger partial charge >= 0.3 is 11.9 Å². The SMILES string of the molecule is Cc1nc(SCCC(=O)O)sc1C(=O)O. The van der Waals surface area contributed by atoms with Crippen LogP contribution in [-0.4, -0.2) is 32.9 Å². The van der Waals surface area contributed by atoms with Gasteiger partial charge in [0.15, 0.2) is 4.34 Å². The smallest absolute Gasteiger partial charge is 0.347 e. The molecule has 0 aliphatic carbocycles. The third kappa shape index (κ3) is 3.52. The van der Waals surface area contributed by atoms with Crippen LogP contribution >= 0.6 is 23.1 Å². The van der Waals surface area contributed by atoms with Crippen molar-refractivity contribution in [3.63, 3.8) is 0 Å². The van der Waals surface area contributed by atoms with E-state index in [0.29, 0.717) is 15.8 Å². The number of aromatic nitrogens is 1. The maximum atomic E-state index is 10.7. The van der Waals surface area contributed by atoms with Crippen molar-refractivity contribution in [3.05, 3.63) is 10.6 Å². The van der Waals surface area contributed by atoms with E-state index >= 15 is 0 Å². The molecule has 0 saturated heterocycles. The summed E-state index contributed by atoms with van der Waals surface area (Å²) < 4.78 is 0.603. The summed E-state index contributed by atoms with van der Waals surface area (Å²) in [5.41, 5.74) is 0.477. The van der Waals surface area contributed by atoms with E-state index in [1.54, 1.807) is 6.92 Å². The molecule has 15 heavy (non-hydrogen) atoms. The molecular weight excluding hydrogens is 238 g/mol. The van der Waals surface area contributed by atoms with Crippen LogP contribution in [0.5, 0.6) is 0 Å². The predicted molar refractivity (Wildman–Crippen MR) is 56.8 cm³/mol. The molecule has 0 radical (unpaired) electrons. The van der Waals surface area contributed by atoms with E-state index in [9.17, 15) is 9.59 Å². The Labute approximate surface area is 94.2 Å². The topological polar surface area (TPSA) is 87.5 Å². The number of carboxylic acids is 2. The van der Waals surface area contributed by atoms with E-state index in [4.69, 9.17) is 10.2 Å². The van der Waals surface area contributed by atoms with Gasteiger partial charge in [-0.1, -0.05) is 11.8 Å². The molecule has 2 N–H and O–H groups in total. The average molecular weight is 247 g/mol. The molecule has 0 fully saturated rings. The van der Waals surface area contributed by atoms with Gasteiger partial charge in [0.05, 0.1) is 12.1 Å². The van der Waals surface area contributed by atoms with Crippen LogP contribution < -0.4 is 0 Å². The first-order valence-electron chi connectivity index (χ1n) is 4.06. The Balaban J connectivity index is 2.59. The molecule has 0 saturated carbocycles. The molecule has 0 bridgehead atoms. The van der Waals surface area contributed by atoms with Gasteiger partial charge in [-0.25, -0.2) is 9.78 Å². The number of thiazole rings is 1. The van der Waals surface area contributed by atoms with Crippen LogP contribution in [-0.2, 0) is 4.79 Å². The standard InChI is InChI=1S/C8H9NO4S2/c1-4-6(7(12)13)15-8(9-4)14-3-2-5(10)11/h2-3H2,1H3,(H,10,11)(H,12,13). The fraction of sp³-hybridized carbons (Fsp3) is 0.375. The van der Waals surface area contributed by atoms with E-state index in [1.807, 2.05) is 0 Å². The maximum absolute atomic E-state index is 10.7. The lowest BCUT2D eigenvalue weighted by Gasteiger charge is -1.91. The molecule has 0 unspecified atom stereocenters. The van der Waals surface area contributed by atoms with E-state index in [1.165, 1.54) is 11.8 Å². The molecule has 7 heteroatoms. The zero-order valence-electron chi connectivity index (χ0n) is 7.89. The quantitative estimate of drug-likeness (QED) is 0.770. The van der Waals surface area contributed by atoms with Gasteiger partial charge < -0.3 is 10.2 Å². The summed E-state index contributed by atoms with van der Waals surface area (Å²) in [5, 5.41) is 17.2. The van der Waals surface area contributed by atoms with Crippen LogP contribution in [0.25, 0.3) is 0 Å². The van der Waals surface area contributed by atoms with Crippen LogP contribution in [0.4, 0.5) is 0 Å². The highest BCUT2D eigenvalue weighted by atomic mass is 32.2. The Kier molecular flexibility index (Phi) is 4.10. The van der Waals surface area contributed by atoms with E-state index < -0.39 is 11.9 Å². The van der Waals surface area contributed by atoms with E-state index in [0.717, 1.165) is 11.3 Å². The highest BCUT2D eigenvalue weighted by Gasteiger charge is 2.14. The Morgan fingerprint density at radius 2 is 2.13 bits per heavy atom. The van der Waals surface area contributed by atoms with Crippen molar-refractivity contribution in [2.45, 2.75) is 17.7 Å². The highest BCUT2D eigenvalue weighted by molar-refractivity contribution is 8.01. The first-order chi connectivity index (χ1) is 7.00. The summed E-state index contributed by atoms with van der Waals surface area (Å²) in [7, 11) is 0. The van der Waals surface area contributed by atoms with Crippen molar-refractivity contribution in [3.8, 4) is 0 Å². The van der Waals surface area contributed by atoms with Crippen molar-refractivity contribution >= 4 is 35.0 Å². The number of hydrogen-bond acceptors (Lipinski definition) is 5. The van der Waals surface area contributed by atoms with Gasteiger partial charge in [-0.05, 0) is 6.92 Å². The second kappa shape index (κ2) is 5.13. The number of nitrogens with zero attached hydrogens (tertiary/aromatic N) is 1. The summed E-state index contributed by atoms with van der Waals surface area (Å²) >= 11 is 2.34. The fourth-order valence-electron chi connectivity index (χ4n) is 0.857. The van der Waals surface area contributed by atoms with Crippen molar-refractivity contribution in [1.82, 2.24) is 4.98 Å². The molecule has 1 heterocycles. The van der Waals surface area contributed by atoms with Gasteiger partial charge in [0.1, 0.15) is 4.88 Å². The number of thioether (sulfide) groups is 1. The lowest BCUT2D eigenvalue weighted by atomic mass is 10.4. The summed E-state index contributed by atoms with van der Waals surface area (Å²) in [6.45, 7) is 1.63. The molecule has 0 amide bonds. The first kappa shape index (κ1) is 12.0. The zero-order valence-corrected chi connectivity index (χ0v) is 9.52. The Morgan fingerprint density at radius 3 is 2.60 bits per heavy atom. The molecule has 0 atom stereocenters. The molecule has 1 rings (SSSR count). The molecule has 5 nitrogen and oxygen atoms in total. The number of hydrogen-bond donors (Lipinski definition) is 2. The molecule has 0 aromatic carbocycles. The average Bonchev–Trinajstić information content (AvgIpc) is 2.46. The van der Waals surface area contributed by atoms with Crippen LogP contribution in [0.2, 0.25) is 0 Å². The largest absolute Gasteiger partial charge is 0.481 e. The number of aromatic carboxylic acids is 1. The lowest BCUT2D eigenvalue weighted by Crippen LogP contribution is -1.95. The monoisotopic (exact) mass is 247 g/mol.